The molecule has 8 heteroatoms. The second kappa shape index (κ2) is 7.39. The standard InChI is InChI=1S/C22H19N5OS2/c1-3-9-19-17(7-1)23-21(29-19)26-13-25(12-16-6-5-11-28-16)14-27(15-26)22-24-18-8-2-4-10-20(18)30-22/h1-11H,12-15H2/p+1. The van der Waals surface area contributed by atoms with E-state index >= 15 is 0 Å². The number of quaternary nitrogens is 1. The molecule has 0 aliphatic carbocycles. The van der Waals surface area contributed by atoms with Crippen LogP contribution in [-0.4, -0.2) is 30.0 Å². The van der Waals surface area contributed by atoms with Crippen LogP contribution in [0, 0.1) is 0 Å². The van der Waals surface area contributed by atoms with Gasteiger partial charge in [-0.15, -0.1) is 0 Å². The van der Waals surface area contributed by atoms with E-state index in [9.17, 15) is 0 Å². The van der Waals surface area contributed by atoms with Crippen LogP contribution in [0.15, 0.2) is 71.3 Å². The number of nitrogens with one attached hydrogen (secondary N) is 1. The lowest BCUT2D eigenvalue weighted by Crippen LogP contribution is -3.16. The molecule has 0 radical (unpaired) electrons. The number of hydrogen-bond acceptors (Lipinski definition) is 7. The molecular formula is C22H20N5OS2+. The van der Waals surface area contributed by atoms with Gasteiger partial charge in [0.25, 0.3) is 0 Å². The van der Waals surface area contributed by atoms with E-state index in [-0.39, 0.29) is 0 Å². The van der Waals surface area contributed by atoms with Gasteiger partial charge < -0.3 is 4.42 Å². The Morgan fingerprint density at radius 2 is 1.40 bits per heavy atom. The van der Waals surface area contributed by atoms with Crippen molar-refractivity contribution in [2.75, 3.05) is 29.8 Å². The zero-order valence-corrected chi connectivity index (χ0v) is 17.8. The third-order valence-corrected chi connectivity index (χ3v) is 7.48. The Kier molecular flexibility index (Phi) is 4.40. The summed E-state index contributed by atoms with van der Waals surface area (Å²) >= 11 is 3.50. The molecule has 4 heterocycles. The normalized spacial score (nSPS) is 15.5. The maximum Gasteiger partial charge on any atom is 0.192 e. The summed E-state index contributed by atoms with van der Waals surface area (Å²) in [5.74, 6) is 1.00. The highest BCUT2D eigenvalue weighted by molar-refractivity contribution is 7.22. The van der Waals surface area contributed by atoms with Crippen molar-refractivity contribution in [3.8, 4) is 0 Å². The summed E-state index contributed by atoms with van der Waals surface area (Å²) in [6.45, 7) is 3.36. The van der Waals surface area contributed by atoms with E-state index in [1.165, 1.54) is 14.3 Å². The van der Waals surface area contributed by atoms with Gasteiger partial charge in [0.05, 0.1) is 26.7 Å². The lowest BCUT2D eigenvalue weighted by molar-refractivity contribution is -0.917. The van der Waals surface area contributed by atoms with Crippen LogP contribution in [-0.2, 0) is 6.54 Å². The Bertz CT molecular complexity index is 1150. The van der Waals surface area contributed by atoms with E-state index < -0.39 is 0 Å². The summed E-state index contributed by atoms with van der Waals surface area (Å²) < 4.78 is 8.07. The first-order valence-electron chi connectivity index (χ1n) is 9.89. The third-order valence-electron chi connectivity index (χ3n) is 5.28. The Morgan fingerprint density at radius 1 is 0.800 bits per heavy atom. The largest absolute Gasteiger partial charge is 0.463 e. The van der Waals surface area contributed by atoms with Crippen LogP contribution in [0.3, 0.4) is 0 Å². The van der Waals surface area contributed by atoms with Crippen molar-refractivity contribution in [2.24, 2.45) is 0 Å². The van der Waals surface area contributed by atoms with Gasteiger partial charge in [-0.05, 0) is 36.4 Å². The molecule has 0 unspecified atom stereocenters. The first-order valence-corrected chi connectivity index (χ1v) is 11.5. The molecule has 0 saturated carbocycles. The summed E-state index contributed by atoms with van der Waals surface area (Å²) in [7, 11) is 0. The minimum absolute atomic E-state index is 0.779. The van der Waals surface area contributed by atoms with E-state index in [1.54, 1.807) is 28.9 Å². The maximum atomic E-state index is 5.63. The first kappa shape index (κ1) is 17.9. The average molecular weight is 435 g/mol. The van der Waals surface area contributed by atoms with Crippen LogP contribution in [0.5, 0.6) is 0 Å². The van der Waals surface area contributed by atoms with Crippen molar-refractivity contribution < 1.29 is 9.32 Å². The topological polar surface area (TPSA) is 49.8 Å². The second-order valence-electron chi connectivity index (χ2n) is 7.47. The molecule has 6 nitrogen and oxygen atoms in total. The minimum Gasteiger partial charge on any atom is -0.463 e. The highest BCUT2D eigenvalue weighted by atomic mass is 32.1. The van der Waals surface area contributed by atoms with Crippen molar-refractivity contribution >= 4 is 53.4 Å². The number of fused-ring (bicyclic) bond motifs is 2. The number of aromatic nitrogens is 2. The van der Waals surface area contributed by atoms with Crippen LogP contribution < -0.4 is 14.7 Å². The molecule has 1 fully saturated rings. The molecule has 3 aromatic heterocycles. The fraction of sp³-hybridized carbons (Fsp3) is 0.182. The predicted octanol–water partition coefficient (Wildman–Crippen LogP) is 3.78. The Hall–Kier alpha value is -2.94. The molecule has 6 rings (SSSR count). The predicted molar refractivity (Wildman–Crippen MR) is 122 cm³/mol. The number of nitrogens with zero attached hydrogens (tertiary/aromatic N) is 4. The summed E-state index contributed by atoms with van der Waals surface area (Å²) in [5, 5.41) is 2.11. The molecule has 150 valence electrons. The number of thiazole rings is 2. The van der Waals surface area contributed by atoms with Gasteiger partial charge in [-0.2, -0.15) is 0 Å². The molecule has 2 aromatic carbocycles. The highest BCUT2D eigenvalue weighted by Gasteiger charge is 2.30. The van der Waals surface area contributed by atoms with Crippen molar-refractivity contribution in [1.29, 1.82) is 0 Å². The van der Waals surface area contributed by atoms with Gasteiger partial charge >= 0.3 is 0 Å². The Balaban J connectivity index is 1.35. The van der Waals surface area contributed by atoms with Crippen LogP contribution in [0.25, 0.3) is 20.4 Å². The van der Waals surface area contributed by atoms with Crippen LogP contribution in [0.1, 0.15) is 5.76 Å². The number of para-hydroxylation sites is 2. The average Bonchev–Trinajstić information content (AvgIpc) is 3.52. The molecule has 1 aliphatic rings. The fourth-order valence-corrected chi connectivity index (χ4v) is 5.83. The molecule has 1 saturated heterocycles. The first-order chi connectivity index (χ1) is 14.8. The van der Waals surface area contributed by atoms with E-state index in [2.05, 4.69) is 46.2 Å². The van der Waals surface area contributed by atoms with Crippen molar-refractivity contribution in [1.82, 2.24) is 9.97 Å². The van der Waals surface area contributed by atoms with Gasteiger partial charge in [-0.25, -0.2) is 9.97 Å². The summed E-state index contributed by atoms with van der Waals surface area (Å²) in [6, 6.07) is 20.7. The van der Waals surface area contributed by atoms with Gasteiger partial charge in [-0.1, -0.05) is 46.9 Å². The molecule has 0 spiro atoms. The zero-order valence-electron chi connectivity index (χ0n) is 16.2. The van der Waals surface area contributed by atoms with E-state index in [4.69, 9.17) is 14.4 Å². The monoisotopic (exact) mass is 434 g/mol. The smallest absolute Gasteiger partial charge is 0.192 e. The van der Waals surface area contributed by atoms with Crippen molar-refractivity contribution in [3.05, 3.63) is 72.7 Å². The minimum atomic E-state index is 0.779. The summed E-state index contributed by atoms with van der Waals surface area (Å²) in [4.78, 5) is 15.9. The summed E-state index contributed by atoms with van der Waals surface area (Å²) in [5.41, 5.74) is 2.12. The third kappa shape index (κ3) is 3.32. The molecule has 1 aliphatic heterocycles. The maximum absolute atomic E-state index is 5.63. The summed E-state index contributed by atoms with van der Waals surface area (Å²) in [6.07, 6.45) is 1.75. The molecular weight excluding hydrogens is 414 g/mol. The van der Waals surface area contributed by atoms with Gasteiger partial charge in [0.15, 0.2) is 29.4 Å². The quantitative estimate of drug-likeness (QED) is 0.467. The Morgan fingerprint density at radius 3 is 1.93 bits per heavy atom. The molecule has 0 atom stereocenters. The van der Waals surface area contributed by atoms with E-state index in [0.29, 0.717) is 0 Å². The van der Waals surface area contributed by atoms with Crippen LogP contribution >= 0.6 is 22.7 Å². The molecule has 5 aromatic rings. The van der Waals surface area contributed by atoms with Gasteiger partial charge in [-0.3, -0.25) is 14.7 Å². The lowest BCUT2D eigenvalue weighted by Gasteiger charge is -2.39. The van der Waals surface area contributed by atoms with Crippen molar-refractivity contribution in [3.63, 3.8) is 0 Å². The Labute approximate surface area is 181 Å². The molecule has 0 amide bonds. The van der Waals surface area contributed by atoms with E-state index in [0.717, 1.165) is 53.6 Å². The second-order valence-corrected chi connectivity index (χ2v) is 9.49. The van der Waals surface area contributed by atoms with Gasteiger partial charge in [0.2, 0.25) is 0 Å². The zero-order chi connectivity index (χ0) is 19.9. The fourth-order valence-electron chi connectivity index (χ4n) is 3.91. The van der Waals surface area contributed by atoms with Crippen LogP contribution in [0.4, 0.5) is 10.3 Å². The molecule has 0 bridgehead atoms. The number of rotatable bonds is 4. The van der Waals surface area contributed by atoms with E-state index in [1.807, 2.05) is 24.3 Å². The molecule has 1 N–H and O–H groups in total. The van der Waals surface area contributed by atoms with Gasteiger partial charge in [0.1, 0.15) is 13.2 Å². The lowest BCUT2D eigenvalue weighted by atomic mass is 10.3. The van der Waals surface area contributed by atoms with Crippen LogP contribution in [0.2, 0.25) is 0 Å². The number of furan rings is 1. The number of anilines is 2. The molecule has 30 heavy (non-hydrogen) atoms. The SMILES string of the molecule is c1coc(C[NH+]2CN(c3nc4ccccc4s3)CN(c3nc4ccccc4s3)C2)c1. The van der Waals surface area contributed by atoms with Crippen molar-refractivity contribution in [2.45, 2.75) is 6.54 Å². The number of hydrogen-bond donors (Lipinski definition) is 1. The highest BCUT2D eigenvalue weighted by Crippen LogP contribution is 2.32. The number of benzene rings is 2. The van der Waals surface area contributed by atoms with Gasteiger partial charge in [0, 0.05) is 0 Å².